The van der Waals surface area contributed by atoms with Gasteiger partial charge in [0.15, 0.2) is 11.5 Å². The van der Waals surface area contributed by atoms with Gasteiger partial charge in [-0.2, -0.15) is 0 Å². The van der Waals surface area contributed by atoms with E-state index < -0.39 is 0 Å². The van der Waals surface area contributed by atoms with Crippen molar-refractivity contribution in [1.29, 1.82) is 0 Å². The minimum absolute atomic E-state index is 0.138. The number of anilines is 1. The molecule has 116 valence electrons. The van der Waals surface area contributed by atoms with E-state index in [1.807, 2.05) is 24.3 Å². The van der Waals surface area contributed by atoms with Gasteiger partial charge in [0.05, 0.1) is 11.4 Å². The van der Waals surface area contributed by atoms with Crippen molar-refractivity contribution in [1.82, 2.24) is 4.57 Å². The maximum atomic E-state index is 12.3. The first-order valence-electron chi connectivity index (χ1n) is 7.60. The molecule has 3 rings (SSSR count). The molecule has 1 aliphatic rings. The number of ether oxygens (including phenoxy) is 2. The number of benzene rings is 1. The smallest absolute Gasteiger partial charge is 0.274 e. The van der Waals surface area contributed by atoms with Gasteiger partial charge in [-0.05, 0) is 36.8 Å². The van der Waals surface area contributed by atoms with E-state index in [9.17, 15) is 4.79 Å². The van der Waals surface area contributed by atoms with Gasteiger partial charge in [-0.1, -0.05) is 13.3 Å². The zero-order valence-corrected chi connectivity index (χ0v) is 12.7. The largest absolute Gasteiger partial charge is 0.486 e. The van der Waals surface area contributed by atoms with Crippen LogP contribution in [0.5, 0.6) is 11.5 Å². The van der Waals surface area contributed by atoms with Crippen LogP contribution in [0.2, 0.25) is 0 Å². The third-order valence-corrected chi connectivity index (χ3v) is 3.78. The second-order valence-electron chi connectivity index (χ2n) is 5.34. The van der Waals surface area contributed by atoms with E-state index in [4.69, 9.17) is 15.2 Å². The van der Waals surface area contributed by atoms with Crippen LogP contribution in [0.1, 0.15) is 19.8 Å². The van der Waals surface area contributed by atoms with Gasteiger partial charge in [-0.15, -0.1) is 0 Å². The van der Waals surface area contributed by atoms with E-state index in [0.717, 1.165) is 35.6 Å². The molecule has 5 nitrogen and oxygen atoms in total. The quantitative estimate of drug-likeness (QED) is 0.942. The van der Waals surface area contributed by atoms with Crippen molar-refractivity contribution in [3.05, 3.63) is 40.7 Å². The van der Waals surface area contributed by atoms with Crippen LogP contribution in [0.4, 0.5) is 5.69 Å². The maximum absolute atomic E-state index is 12.3. The summed E-state index contributed by atoms with van der Waals surface area (Å²) >= 11 is 0. The third-order valence-electron chi connectivity index (χ3n) is 3.78. The summed E-state index contributed by atoms with van der Waals surface area (Å²) in [6, 6.07) is 9.30. The summed E-state index contributed by atoms with van der Waals surface area (Å²) in [6.07, 6.45) is 1.95. The summed E-state index contributed by atoms with van der Waals surface area (Å²) in [5.41, 5.74) is 7.69. The number of nitrogen functional groups attached to an aromatic ring is 1. The second kappa shape index (κ2) is 6.13. The molecule has 22 heavy (non-hydrogen) atoms. The molecule has 2 aromatic rings. The highest BCUT2D eigenvalue weighted by atomic mass is 16.6. The van der Waals surface area contributed by atoms with Gasteiger partial charge in [0.25, 0.3) is 5.56 Å². The molecular weight excluding hydrogens is 280 g/mol. The molecule has 0 spiro atoms. The highest BCUT2D eigenvalue weighted by Gasteiger charge is 2.15. The lowest BCUT2D eigenvalue weighted by Crippen LogP contribution is -2.24. The Kier molecular flexibility index (Phi) is 4.04. The van der Waals surface area contributed by atoms with Crippen LogP contribution < -0.4 is 20.8 Å². The Morgan fingerprint density at radius 2 is 1.91 bits per heavy atom. The fourth-order valence-corrected chi connectivity index (χ4v) is 2.59. The van der Waals surface area contributed by atoms with Crippen molar-refractivity contribution in [2.75, 3.05) is 18.9 Å². The van der Waals surface area contributed by atoms with E-state index in [2.05, 4.69) is 6.92 Å². The fourth-order valence-electron chi connectivity index (χ4n) is 2.59. The first-order valence-corrected chi connectivity index (χ1v) is 7.60. The highest BCUT2D eigenvalue weighted by molar-refractivity contribution is 5.65. The first-order chi connectivity index (χ1) is 10.7. The molecule has 0 fully saturated rings. The molecule has 0 atom stereocenters. The number of rotatable bonds is 4. The van der Waals surface area contributed by atoms with Crippen LogP contribution >= 0.6 is 0 Å². The summed E-state index contributed by atoms with van der Waals surface area (Å²) < 4.78 is 12.9. The summed E-state index contributed by atoms with van der Waals surface area (Å²) in [5, 5.41) is 0. The monoisotopic (exact) mass is 300 g/mol. The number of unbranched alkanes of at least 4 members (excludes halogenated alkanes) is 1. The Morgan fingerprint density at radius 1 is 1.14 bits per heavy atom. The van der Waals surface area contributed by atoms with Gasteiger partial charge in [0.2, 0.25) is 0 Å². The van der Waals surface area contributed by atoms with Crippen molar-refractivity contribution in [2.45, 2.75) is 26.3 Å². The standard InChI is InChI=1S/C17H20N2O3/c1-2-3-8-19-14(6-5-13(18)17(19)20)12-4-7-15-16(11-12)22-10-9-21-15/h4-7,11H,2-3,8-10,18H2,1H3. The molecule has 1 aromatic heterocycles. The number of fused-ring (bicyclic) bond motifs is 1. The summed E-state index contributed by atoms with van der Waals surface area (Å²) in [6.45, 7) is 3.86. The maximum Gasteiger partial charge on any atom is 0.274 e. The first kappa shape index (κ1) is 14.5. The molecular formula is C17H20N2O3. The van der Waals surface area contributed by atoms with E-state index in [1.165, 1.54) is 0 Å². The average Bonchev–Trinajstić information content (AvgIpc) is 2.55. The third kappa shape index (κ3) is 2.66. The molecule has 2 N–H and O–H groups in total. The van der Waals surface area contributed by atoms with E-state index >= 15 is 0 Å². The van der Waals surface area contributed by atoms with Crippen molar-refractivity contribution in [2.24, 2.45) is 0 Å². The molecule has 0 bridgehead atoms. The molecule has 2 heterocycles. The van der Waals surface area contributed by atoms with Gasteiger partial charge >= 0.3 is 0 Å². The highest BCUT2D eigenvalue weighted by Crippen LogP contribution is 2.34. The second-order valence-corrected chi connectivity index (χ2v) is 5.34. The summed E-state index contributed by atoms with van der Waals surface area (Å²) in [5.74, 6) is 1.46. The van der Waals surface area contributed by atoms with Crippen LogP contribution in [0.3, 0.4) is 0 Å². The average molecular weight is 300 g/mol. The minimum Gasteiger partial charge on any atom is -0.486 e. The number of hydrogen-bond acceptors (Lipinski definition) is 4. The lowest BCUT2D eigenvalue weighted by Gasteiger charge is -2.20. The molecule has 1 aliphatic heterocycles. The van der Waals surface area contributed by atoms with Crippen LogP contribution in [0, 0.1) is 0 Å². The molecule has 0 amide bonds. The summed E-state index contributed by atoms with van der Waals surface area (Å²) in [4.78, 5) is 12.3. The predicted molar refractivity (Wildman–Crippen MR) is 86.4 cm³/mol. The Morgan fingerprint density at radius 3 is 2.68 bits per heavy atom. The van der Waals surface area contributed by atoms with Crippen molar-refractivity contribution < 1.29 is 9.47 Å². The number of nitrogens with two attached hydrogens (primary N) is 1. The lowest BCUT2D eigenvalue weighted by molar-refractivity contribution is 0.171. The minimum atomic E-state index is -0.138. The van der Waals surface area contributed by atoms with Gasteiger partial charge < -0.3 is 19.8 Å². The van der Waals surface area contributed by atoms with Crippen molar-refractivity contribution >= 4 is 5.69 Å². The molecule has 0 aliphatic carbocycles. The summed E-state index contributed by atoms with van der Waals surface area (Å²) in [7, 11) is 0. The van der Waals surface area contributed by atoms with Gasteiger partial charge in [0.1, 0.15) is 13.2 Å². The number of aromatic nitrogens is 1. The van der Waals surface area contributed by atoms with Crippen LogP contribution in [0.15, 0.2) is 35.1 Å². The Balaban J connectivity index is 2.07. The Bertz CT molecular complexity index is 737. The molecule has 1 aromatic carbocycles. The van der Waals surface area contributed by atoms with E-state index in [0.29, 0.717) is 19.8 Å². The molecule has 0 saturated heterocycles. The number of nitrogens with zero attached hydrogens (tertiary/aromatic N) is 1. The van der Waals surface area contributed by atoms with Gasteiger partial charge in [-0.3, -0.25) is 4.79 Å². The molecule has 5 heteroatoms. The normalized spacial score (nSPS) is 13.1. The topological polar surface area (TPSA) is 66.5 Å². The SMILES string of the molecule is CCCCn1c(-c2ccc3c(c2)OCCO3)ccc(N)c1=O. The van der Waals surface area contributed by atoms with E-state index in [-0.39, 0.29) is 11.2 Å². The molecule has 0 unspecified atom stereocenters. The Hall–Kier alpha value is -2.43. The lowest BCUT2D eigenvalue weighted by atomic mass is 10.1. The van der Waals surface area contributed by atoms with Gasteiger partial charge in [-0.25, -0.2) is 0 Å². The fraction of sp³-hybridized carbons (Fsp3) is 0.353. The Labute approximate surface area is 129 Å². The zero-order valence-electron chi connectivity index (χ0n) is 12.7. The molecule has 0 saturated carbocycles. The van der Waals surface area contributed by atoms with Crippen molar-refractivity contribution in [3.63, 3.8) is 0 Å². The van der Waals surface area contributed by atoms with E-state index in [1.54, 1.807) is 10.6 Å². The molecule has 0 radical (unpaired) electrons. The van der Waals surface area contributed by atoms with Crippen LogP contribution in [-0.4, -0.2) is 17.8 Å². The zero-order chi connectivity index (χ0) is 15.5. The van der Waals surface area contributed by atoms with Gasteiger partial charge in [0, 0.05) is 12.1 Å². The number of hydrogen-bond donors (Lipinski definition) is 1. The predicted octanol–water partition coefficient (Wildman–Crippen LogP) is 2.67. The van der Waals surface area contributed by atoms with Crippen LogP contribution in [0.25, 0.3) is 11.3 Å². The van der Waals surface area contributed by atoms with Crippen LogP contribution in [-0.2, 0) is 6.54 Å². The number of pyridine rings is 1. The van der Waals surface area contributed by atoms with Crippen molar-refractivity contribution in [3.8, 4) is 22.8 Å².